The number of nitrogen functional groups attached to an aromatic ring is 1. The highest BCUT2D eigenvalue weighted by Gasteiger charge is 2.21. The monoisotopic (exact) mass is 280 g/mol. The van der Waals surface area contributed by atoms with Gasteiger partial charge >= 0.3 is 5.97 Å². The highest BCUT2D eigenvalue weighted by Crippen LogP contribution is 2.13. The number of carbonyl (C=O) groups excluding carboxylic acids is 1. The lowest BCUT2D eigenvalue weighted by Crippen LogP contribution is -2.21. The maximum atomic E-state index is 10.5. The quantitative estimate of drug-likeness (QED) is 0.567. The molecule has 0 radical (unpaired) electrons. The highest BCUT2D eigenvalue weighted by molar-refractivity contribution is 5.93. The summed E-state index contributed by atoms with van der Waals surface area (Å²) >= 11 is 0. The van der Waals surface area contributed by atoms with Crippen LogP contribution in [0.25, 0.3) is 0 Å². The molecule has 0 saturated carbocycles. The number of carboxylic acids is 1. The fourth-order valence-corrected chi connectivity index (χ4v) is 1.50. The Morgan fingerprint density at radius 1 is 1.50 bits per heavy atom. The van der Waals surface area contributed by atoms with Crippen LogP contribution < -0.4 is 11.1 Å². The lowest BCUT2D eigenvalue weighted by molar-refractivity contribution is -0.118. The molecular formula is C14H20N2O4. The van der Waals surface area contributed by atoms with Gasteiger partial charge in [-0.05, 0) is 25.5 Å². The van der Waals surface area contributed by atoms with Gasteiger partial charge in [-0.15, -0.1) is 0 Å². The second-order valence-electron chi connectivity index (χ2n) is 4.62. The number of carbonyl (C=O) groups is 2. The van der Waals surface area contributed by atoms with Crippen molar-refractivity contribution in [1.29, 1.82) is 0 Å². The number of amides is 1. The average Bonchev–Trinajstić information content (AvgIpc) is 3.16. The average molecular weight is 280 g/mol. The molecule has 2 rings (SSSR count). The SMILES string of the molecule is CC(=O)NCCC1CO1.Cc1ccc(N)c(C(=O)O)c1. The van der Waals surface area contributed by atoms with E-state index >= 15 is 0 Å². The summed E-state index contributed by atoms with van der Waals surface area (Å²) in [4.78, 5) is 20.8. The van der Waals surface area contributed by atoms with Gasteiger partial charge in [-0.2, -0.15) is 0 Å². The first-order chi connectivity index (χ1) is 9.40. The summed E-state index contributed by atoms with van der Waals surface area (Å²) in [7, 11) is 0. The van der Waals surface area contributed by atoms with Crippen LogP contribution in [0.1, 0.15) is 29.3 Å². The lowest BCUT2D eigenvalue weighted by Gasteiger charge is -2.00. The molecule has 1 atom stereocenters. The number of nitrogens with two attached hydrogens (primary N) is 1. The summed E-state index contributed by atoms with van der Waals surface area (Å²) in [5.74, 6) is -0.943. The molecule has 1 aliphatic heterocycles. The van der Waals surface area contributed by atoms with E-state index in [1.54, 1.807) is 18.2 Å². The summed E-state index contributed by atoms with van der Waals surface area (Å²) in [5, 5.41) is 11.3. The standard InChI is InChI=1S/C8H9NO2.C6H11NO2/c1-5-2-3-7(9)6(4-5)8(10)11;1-5(8)7-3-2-6-4-9-6/h2-4H,9H2,1H3,(H,10,11);6H,2-4H2,1H3,(H,7,8). The predicted octanol–water partition coefficient (Wildman–Crippen LogP) is 1.19. The van der Waals surface area contributed by atoms with Crippen molar-refractivity contribution in [1.82, 2.24) is 5.32 Å². The summed E-state index contributed by atoms with van der Waals surface area (Å²) in [5.41, 5.74) is 6.79. The molecule has 0 bridgehead atoms. The van der Waals surface area contributed by atoms with Crippen molar-refractivity contribution in [3.05, 3.63) is 29.3 Å². The first-order valence-corrected chi connectivity index (χ1v) is 6.35. The van der Waals surface area contributed by atoms with Crippen molar-refractivity contribution >= 4 is 17.6 Å². The molecule has 1 aromatic carbocycles. The van der Waals surface area contributed by atoms with Crippen LogP contribution in [-0.4, -0.2) is 36.2 Å². The van der Waals surface area contributed by atoms with E-state index in [1.807, 2.05) is 6.92 Å². The zero-order chi connectivity index (χ0) is 15.1. The molecule has 1 aromatic rings. The van der Waals surface area contributed by atoms with Gasteiger partial charge in [0, 0.05) is 19.2 Å². The molecule has 1 fully saturated rings. The Hall–Kier alpha value is -2.08. The van der Waals surface area contributed by atoms with Gasteiger partial charge in [-0.3, -0.25) is 4.79 Å². The number of aromatic carboxylic acids is 1. The van der Waals surface area contributed by atoms with Crippen LogP contribution in [0.4, 0.5) is 5.69 Å². The molecule has 1 saturated heterocycles. The van der Waals surface area contributed by atoms with Gasteiger partial charge in [0.25, 0.3) is 0 Å². The van der Waals surface area contributed by atoms with Crippen molar-refractivity contribution in [2.45, 2.75) is 26.4 Å². The van der Waals surface area contributed by atoms with Gasteiger partial charge in [0.05, 0.1) is 18.3 Å². The Labute approximate surface area is 117 Å². The number of hydrogen-bond donors (Lipinski definition) is 3. The van der Waals surface area contributed by atoms with Gasteiger partial charge in [0.15, 0.2) is 0 Å². The third-order valence-electron chi connectivity index (χ3n) is 2.68. The van der Waals surface area contributed by atoms with E-state index in [4.69, 9.17) is 15.6 Å². The van der Waals surface area contributed by atoms with Crippen LogP contribution >= 0.6 is 0 Å². The lowest BCUT2D eigenvalue weighted by atomic mass is 10.1. The topological polar surface area (TPSA) is 105 Å². The molecule has 1 amide bonds. The summed E-state index contributed by atoms with van der Waals surface area (Å²) in [6.45, 7) is 4.97. The molecule has 0 spiro atoms. The van der Waals surface area contributed by atoms with Crippen LogP contribution in [0.2, 0.25) is 0 Å². The minimum absolute atomic E-state index is 0.0376. The van der Waals surface area contributed by atoms with E-state index in [0.29, 0.717) is 11.8 Å². The van der Waals surface area contributed by atoms with Gasteiger partial charge in [0.2, 0.25) is 5.91 Å². The second-order valence-corrected chi connectivity index (χ2v) is 4.62. The summed E-state index contributed by atoms with van der Waals surface area (Å²) < 4.78 is 4.94. The Morgan fingerprint density at radius 3 is 2.60 bits per heavy atom. The van der Waals surface area contributed by atoms with Gasteiger partial charge in [0.1, 0.15) is 0 Å². The minimum atomic E-state index is -0.980. The largest absolute Gasteiger partial charge is 0.478 e. The zero-order valence-electron chi connectivity index (χ0n) is 11.7. The molecule has 1 aliphatic rings. The van der Waals surface area contributed by atoms with E-state index in [9.17, 15) is 9.59 Å². The van der Waals surface area contributed by atoms with E-state index in [1.165, 1.54) is 6.92 Å². The highest BCUT2D eigenvalue weighted by atomic mass is 16.6. The first kappa shape index (κ1) is 16.0. The number of nitrogens with one attached hydrogen (secondary N) is 1. The fraction of sp³-hybridized carbons (Fsp3) is 0.429. The first-order valence-electron chi connectivity index (χ1n) is 6.35. The maximum Gasteiger partial charge on any atom is 0.337 e. The Kier molecular flexibility index (Phi) is 5.99. The van der Waals surface area contributed by atoms with E-state index in [-0.39, 0.29) is 11.5 Å². The number of ether oxygens (including phenoxy) is 1. The van der Waals surface area contributed by atoms with Crippen molar-refractivity contribution in [3.8, 4) is 0 Å². The number of benzene rings is 1. The fourth-order valence-electron chi connectivity index (χ4n) is 1.50. The third kappa shape index (κ3) is 6.19. The molecular weight excluding hydrogens is 260 g/mol. The molecule has 0 aliphatic carbocycles. The van der Waals surface area contributed by atoms with Crippen molar-refractivity contribution in [2.75, 3.05) is 18.9 Å². The van der Waals surface area contributed by atoms with Gasteiger partial charge in [-0.25, -0.2) is 4.79 Å². The second kappa shape index (κ2) is 7.49. The number of hydrogen-bond acceptors (Lipinski definition) is 4. The van der Waals surface area contributed by atoms with Crippen LogP contribution in [0.15, 0.2) is 18.2 Å². The van der Waals surface area contributed by atoms with Crippen molar-refractivity contribution in [2.24, 2.45) is 0 Å². The van der Waals surface area contributed by atoms with E-state index in [0.717, 1.165) is 25.1 Å². The van der Waals surface area contributed by atoms with Gasteiger partial charge in [-0.1, -0.05) is 11.6 Å². The number of aryl methyl sites for hydroxylation is 1. The Bertz CT molecular complexity index is 484. The molecule has 1 heterocycles. The van der Waals surface area contributed by atoms with Crippen LogP contribution in [-0.2, 0) is 9.53 Å². The molecule has 4 N–H and O–H groups in total. The van der Waals surface area contributed by atoms with Gasteiger partial charge < -0.3 is 20.9 Å². The molecule has 6 nitrogen and oxygen atoms in total. The van der Waals surface area contributed by atoms with Crippen molar-refractivity contribution < 1.29 is 19.4 Å². The van der Waals surface area contributed by atoms with E-state index in [2.05, 4.69) is 5.32 Å². The molecule has 0 aromatic heterocycles. The number of carboxylic acid groups (broad SMARTS) is 1. The number of anilines is 1. The van der Waals surface area contributed by atoms with Crippen LogP contribution in [0, 0.1) is 6.92 Å². The molecule has 20 heavy (non-hydrogen) atoms. The Morgan fingerprint density at radius 2 is 2.15 bits per heavy atom. The molecule has 110 valence electrons. The number of epoxide rings is 1. The maximum absolute atomic E-state index is 10.5. The third-order valence-corrected chi connectivity index (χ3v) is 2.68. The predicted molar refractivity (Wildman–Crippen MR) is 75.6 cm³/mol. The van der Waals surface area contributed by atoms with Crippen LogP contribution in [0.3, 0.4) is 0 Å². The smallest absolute Gasteiger partial charge is 0.337 e. The van der Waals surface area contributed by atoms with E-state index < -0.39 is 5.97 Å². The van der Waals surface area contributed by atoms with Crippen LogP contribution in [0.5, 0.6) is 0 Å². The van der Waals surface area contributed by atoms with Crippen molar-refractivity contribution in [3.63, 3.8) is 0 Å². The molecule has 1 unspecified atom stereocenters. The summed E-state index contributed by atoms with van der Waals surface area (Å²) in [6, 6.07) is 4.93. The molecule has 6 heteroatoms. The Balaban J connectivity index is 0.000000204. The minimum Gasteiger partial charge on any atom is -0.478 e. The number of rotatable bonds is 4. The zero-order valence-corrected chi connectivity index (χ0v) is 11.7. The normalized spacial score (nSPS) is 15.8. The summed E-state index contributed by atoms with van der Waals surface area (Å²) in [6.07, 6.45) is 1.39.